The molecule has 1 rings (SSSR count). The highest BCUT2D eigenvalue weighted by Gasteiger charge is 2.39. The molecule has 15 heavy (non-hydrogen) atoms. The second kappa shape index (κ2) is 3.98. The second-order valence-electron chi connectivity index (χ2n) is 2.88. The van der Waals surface area contributed by atoms with E-state index in [4.69, 9.17) is 5.11 Å². The van der Waals surface area contributed by atoms with E-state index in [2.05, 4.69) is 4.74 Å². The normalized spacial score (nSPS) is 13.7. The number of aromatic hydroxyl groups is 1. The third-order valence-corrected chi connectivity index (χ3v) is 1.83. The summed E-state index contributed by atoms with van der Waals surface area (Å²) in [5.74, 6) is -0.397. The van der Waals surface area contributed by atoms with E-state index < -0.39 is 23.6 Å². The number of halogens is 3. The maximum Gasteiger partial charge on any atom is 0.418 e. The van der Waals surface area contributed by atoms with Crippen LogP contribution in [0.15, 0.2) is 18.2 Å². The van der Waals surface area contributed by atoms with Crippen LogP contribution < -0.4 is 4.74 Å². The van der Waals surface area contributed by atoms with Crippen LogP contribution in [0.3, 0.4) is 0 Å². The zero-order chi connectivity index (χ0) is 11.6. The van der Waals surface area contributed by atoms with E-state index in [9.17, 15) is 18.3 Å². The molecule has 0 bridgehead atoms. The predicted molar refractivity (Wildman–Crippen MR) is 45.7 cm³/mol. The topological polar surface area (TPSA) is 49.7 Å². The molecule has 2 N–H and O–H groups in total. The molecule has 0 aliphatic carbocycles. The largest absolute Gasteiger partial charge is 0.504 e. The van der Waals surface area contributed by atoms with Crippen molar-refractivity contribution in [3.05, 3.63) is 23.8 Å². The molecule has 0 fully saturated rings. The average Bonchev–Trinajstić information content (AvgIpc) is 2.15. The molecule has 0 unspecified atom stereocenters. The Bertz CT molecular complexity index is 349. The van der Waals surface area contributed by atoms with Crippen molar-refractivity contribution in [2.45, 2.75) is 12.3 Å². The Balaban J connectivity index is 3.02. The first kappa shape index (κ1) is 11.6. The van der Waals surface area contributed by atoms with Crippen LogP contribution in [0, 0.1) is 0 Å². The molecule has 1 aromatic rings. The van der Waals surface area contributed by atoms with Crippen LogP contribution in [0.25, 0.3) is 0 Å². The lowest BCUT2D eigenvalue weighted by atomic mass is 10.1. The Kier molecular flexibility index (Phi) is 3.09. The van der Waals surface area contributed by atoms with Crippen LogP contribution in [0.2, 0.25) is 0 Å². The minimum absolute atomic E-state index is 0.0492. The molecule has 0 saturated heterocycles. The maximum atomic E-state index is 12.1. The minimum atomic E-state index is -4.75. The highest BCUT2D eigenvalue weighted by molar-refractivity contribution is 5.42. The van der Waals surface area contributed by atoms with Crippen molar-refractivity contribution in [1.82, 2.24) is 0 Å². The molecule has 84 valence electrons. The summed E-state index contributed by atoms with van der Waals surface area (Å²) in [4.78, 5) is 0. The van der Waals surface area contributed by atoms with Crippen LogP contribution >= 0.6 is 0 Å². The number of methoxy groups -OCH3 is 1. The summed E-state index contributed by atoms with van der Waals surface area (Å²) >= 11 is 0. The van der Waals surface area contributed by atoms with Crippen LogP contribution in [-0.2, 0) is 0 Å². The highest BCUT2D eigenvalue weighted by Crippen LogP contribution is 2.36. The number of phenols is 1. The van der Waals surface area contributed by atoms with Crippen LogP contribution in [-0.4, -0.2) is 23.5 Å². The van der Waals surface area contributed by atoms with Gasteiger partial charge in [-0.25, -0.2) is 0 Å². The van der Waals surface area contributed by atoms with Gasteiger partial charge in [0, 0.05) is 0 Å². The van der Waals surface area contributed by atoms with E-state index in [1.54, 1.807) is 0 Å². The van der Waals surface area contributed by atoms with Gasteiger partial charge >= 0.3 is 6.18 Å². The lowest BCUT2D eigenvalue weighted by molar-refractivity contribution is -0.206. The van der Waals surface area contributed by atoms with Crippen molar-refractivity contribution in [3.8, 4) is 11.5 Å². The zero-order valence-corrected chi connectivity index (χ0v) is 7.75. The Morgan fingerprint density at radius 1 is 1.33 bits per heavy atom. The first-order chi connectivity index (χ1) is 6.86. The van der Waals surface area contributed by atoms with Crippen LogP contribution in [0.4, 0.5) is 13.2 Å². The number of benzene rings is 1. The van der Waals surface area contributed by atoms with E-state index in [-0.39, 0.29) is 5.75 Å². The van der Waals surface area contributed by atoms with Gasteiger partial charge in [0.1, 0.15) is 0 Å². The molecule has 0 heterocycles. The smallest absolute Gasteiger partial charge is 0.418 e. The fraction of sp³-hybridized carbons (Fsp3) is 0.333. The molecule has 0 aromatic heterocycles. The minimum Gasteiger partial charge on any atom is -0.504 e. The Hall–Kier alpha value is -1.43. The molecule has 6 heteroatoms. The van der Waals surface area contributed by atoms with E-state index in [1.165, 1.54) is 7.11 Å². The fourth-order valence-electron chi connectivity index (χ4n) is 1.07. The monoisotopic (exact) mass is 222 g/mol. The van der Waals surface area contributed by atoms with E-state index >= 15 is 0 Å². The van der Waals surface area contributed by atoms with Gasteiger partial charge in [0.25, 0.3) is 0 Å². The number of hydrogen-bond acceptors (Lipinski definition) is 3. The van der Waals surface area contributed by atoms with Gasteiger partial charge in [0.05, 0.1) is 7.11 Å². The van der Waals surface area contributed by atoms with Gasteiger partial charge in [-0.1, -0.05) is 6.07 Å². The number of aliphatic hydroxyl groups excluding tert-OH is 1. The van der Waals surface area contributed by atoms with Crippen molar-refractivity contribution < 1.29 is 28.1 Å². The number of aliphatic hydroxyl groups is 1. The lowest BCUT2D eigenvalue weighted by Crippen LogP contribution is -2.20. The van der Waals surface area contributed by atoms with Crippen molar-refractivity contribution in [3.63, 3.8) is 0 Å². The summed E-state index contributed by atoms with van der Waals surface area (Å²) < 4.78 is 40.9. The fourth-order valence-corrected chi connectivity index (χ4v) is 1.07. The summed E-state index contributed by atoms with van der Waals surface area (Å²) in [7, 11) is 1.27. The zero-order valence-electron chi connectivity index (χ0n) is 7.75. The van der Waals surface area contributed by atoms with Crippen molar-refractivity contribution >= 4 is 0 Å². The number of phenolic OH excluding ortho intramolecular Hbond substituents is 1. The molecule has 0 spiro atoms. The SMILES string of the molecule is COc1ccc([C@@H](O)C(F)(F)F)cc1O. The van der Waals surface area contributed by atoms with E-state index in [1.807, 2.05) is 0 Å². The molecule has 3 nitrogen and oxygen atoms in total. The molecular weight excluding hydrogens is 213 g/mol. The predicted octanol–water partition coefficient (Wildman–Crippen LogP) is 2.00. The van der Waals surface area contributed by atoms with Gasteiger partial charge in [0.2, 0.25) is 0 Å². The summed E-state index contributed by atoms with van der Waals surface area (Å²) in [6.07, 6.45) is -7.35. The van der Waals surface area contributed by atoms with Gasteiger partial charge in [-0.3, -0.25) is 0 Å². The van der Waals surface area contributed by atoms with Gasteiger partial charge in [-0.05, 0) is 17.7 Å². The maximum absolute atomic E-state index is 12.1. The number of hydrogen-bond donors (Lipinski definition) is 2. The molecular formula is C9H9F3O3. The molecule has 1 atom stereocenters. The van der Waals surface area contributed by atoms with Gasteiger partial charge in [-0.15, -0.1) is 0 Å². The summed E-state index contributed by atoms with van der Waals surface area (Å²) in [6.45, 7) is 0. The molecule has 0 aliphatic rings. The Morgan fingerprint density at radius 3 is 2.33 bits per heavy atom. The molecule has 0 amide bonds. The summed E-state index contributed by atoms with van der Waals surface area (Å²) in [5, 5.41) is 18.1. The molecule has 0 radical (unpaired) electrons. The van der Waals surface area contributed by atoms with Crippen LogP contribution in [0.1, 0.15) is 11.7 Å². The quantitative estimate of drug-likeness (QED) is 0.804. The summed E-state index contributed by atoms with van der Waals surface area (Å²) in [6, 6.07) is 3.01. The Morgan fingerprint density at radius 2 is 1.93 bits per heavy atom. The molecule has 0 saturated carbocycles. The van der Waals surface area contributed by atoms with E-state index in [0.29, 0.717) is 0 Å². The van der Waals surface area contributed by atoms with Crippen molar-refractivity contribution in [1.29, 1.82) is 0 Å². The molecule has 1 aromatic carbocycles. The van der Waals surface area contributed by atoms with Crippen LogP contribution in [0.5, 0.6) is 11.5 Å². The van der Waals surface area contributed by atoms with Gasteiger partial charge in [-0.2, -0.15) is 13.2 Å². The lowest BCUT2D eigenvalue weighted by Gasteiger charge is -2.15. The molecule has 0 aliphatic heterocycles. The third kappa shape index (κ3) is 2.53. The van der Waals surface area contributed by atoms with Gasteiger partial charge in [0.15, 0.2) is 17.6 Å². The number of alkyl halides is 3. The second-order valence-corrected chi connectivity index (χ2v) is 2.88. The van der Waals surface area contributed by atoms with Gasteiger partial charge < -0.3 is 14.9 Å². The standard InChI is InChI=1S/C9H9F3O3/c1-15-7-3-2-5(4-6(7)13)8(14)9(10,11)12/h2-4,8,13-14H,1H3/t8-/m1/s1. The first-order valence-electron chi connectivity index (χ1n) is 3.98. The van der Waals surface area contributed by atoms with Crippen molar-refractivity contribution in [2.75, 3.05) is 7.11 Å². The highest BCUT2D eigenvalue weighted by atomic mass is 19.4. The Labute approximate surface area is 83.7 Å². The van der Waals surface area contributed by atoms with Crippen molar-refractivity contribution in [2.24, 2.45) is 0 Å². The average molecular weight is 222 g/mol. The summed E-state index contributed by atoms with van der Waals surface area (Å²) in [5.41, 5.74) is -0.430. The third-order valence-electron chi connectivity index (χ3n) is 1.83. The number of rotatable bonds is 2. The first-order valence-corrected chi connectivity index (χ1v) is 3.98. The number of ether oxygens (including phenoxy) is 1. The van der Waals surface area contributed by atoms with E-state index in [0.717, 1.165) is 18.2 Å².